The second-order valence-electron chi connectivity index (χ2n) is 2.73. The molecule has 13 heavy (non-hydrogen) atoms. The Bertz CT molecular complexity index is 351. The summed E-state index contributed by atoms with van der Waals surface area (Å²) in [4.78, 5) is 13.1. The monoisotopic (exact) mass is 194 g/mol. The number of hydrogen-bond acceptors (Lipinski definition) is 3. The van der Waals surface area contributed by atoms with Gasteiger partial charge in [-0.15, -0.1) is 11.3 Å². The highest BCUT2D eigenvalue weighted by molar-refractivity contribution is 7.13. The zero-order chi connectivity index (χ0) is 9.84. The van der Waals surface area contributed by atoms with E-state index in [0.717, 1.165) is 4.88 Å². The van der Waals surface area contributed by atoms with Gasteiger partial charge in [0.25, 0.3) is 5.91 Å². The van der Waals surface area contributed by atoms with Gasteiger partial charge in [-0.25, -0.2) is 0 Å². The van der Waals surface area contributed by atoms with E-state index in [1.807, 2.05) is 19.1 Å². The maximum atomic E-state index is 11.4. The van der Waals surface area contributed by atoms with Crippen molar-refractivity contribution in [3.05, 3.63) is 21.9 Å². The van der Waals surface area contributed by atoms with E-state index in [9.17, 15) is 4.79 Å². The largest absolute Gasteiger partial charge is 0.336 e. The topological polar surface area (TPSA) is 52.9 Å². The fourth-order valence-electron chi connectivity index (χ4n) is 0.857. The summed E-state index contributed by atoms with van der Waals surface area (Å²) < 4.78 is 0. The Labute approximate surface area is 81.0 Å². The van der Waals surface area contributed by atoms with Crippen LogP contribution in [0.4, 0.5) is 0 Å². The first-order valence-electron chi connectivity index (χ1n) is 3.90. The number of amides is 1. The van der Waals surface area contributed by atoms with Crippen molar-refractivity contribution in [3.63, 3.8) is 0 Å². The minimum absolute atomic E-state index is 0.174. The van der Waals surface area contributed by atoms with E-state index < -0.39 is 6.04 Å². The smallest absolute Gasteiger partial charge is 0.262 e. The lowest BCUT2D eigenvalue weighted by Gasteiger charge is -2.03. The molecule has 3 nitrogen and oxygen atoms in total. The van der Waals surface area contributed by atoms with Crippen LogP contribution in [0.15, 0.2) is 12.1 Å². The molecular weight excluding hydrogens is 184 g/mol. The van der Waals surface area contributed by atoms with Crippen LogP contribution in [-0.2, 0) is 0 Å². The summed E-state index contributed by atoms with van der Waals surface area (Å²) >= 11 is 1.43. The first kappa shape index (κ1) is 9.75. The molecule has 1 atom stereocenters. The lowest BCUT2D eigenvalue weighted by molar-refractivity contribution is 0.0952. The average Bonchev–Trinajstić information content (AvgIpc) is 2.51. The lowest BCUT2D eigenvalue weighted by Crippen LogP contribution is -2.30. The van der Waals surface area contributed by atoms with E-state index in [1.54, 1.807) is 13.0 Å². The fraction of sp³-hybridized carbons (Fsp3) is 0.333. The summed E-state index contributed by atoms with van der Waals surface area (Å²) in [6, 6.07) is 5.16. The van der Waals surface area contributed by atoms with Gasteiger partial charge in [0, 0.05) is 4.88 Å². The number of nitriles is 1. The van der Waals surface area contributed by atoms with E-state index in [2.05, 4.69) is 5.32 Å². The number of hydrogen-bond donors (Lipinski definition) is 1. The fourth-order valence-corrected chi connectivity index (χ4v) is 1.63. The highest BCUT2D eigenvalue weighted by Gasteiger charge is 2.09. The molecule has 1 amide bonds. The molecule has 0 aliphatic rings. The van der Waals surface area contributed by atoms with Gasteiger partial charge < -0.3 is 5.32 Å². The molecule has 1 heterocycles. The molecule has 0 aliphatic carbocycles. The molecule has 4 heteroatoms. The Morgan fingerprint density at radius 2 is 2.38 bits per heavy atom. The van der Waals surface area contributed by atoms with Crippen molar-refractivity contribution in [2.24, 2.45) is 0 Å². The molecule has 1 N–H and O–H groups in total. The van der Waals surface area contributed by atoms with Gasteiger partial charge in [-0.3, -0.25) is 4.79 Å². The minimum atomic E-state index is -0.435. The van der Waals surface area contributed by atoms with Crippen LogP contribution in [0, 0.1) is 18.3 Å². The van der Waals surface area contributed by atoms with Gasteiger partial charge in [0.15, 0.2) is 0 Å². The van der Waals surface area contributed by atoms with E-state index in [4.69, 9.17) is 5.26 Å². The second kappa shape index (κ2) is 4.06. The Morgan fingerprint density at radius 1 is 1.69 bits per heavy atom. The molecular formula is C9H10N2OS. The van der Waals surface area contributed by atoms with E-state index in [0.29, 0.717) is 4.88 Å². The van der Waals surface area contributed by atoms with Gasteiger partial charge in [0.2, 0.25) is 0 Å². The summed E-state index contributed by atoms with van der Waals surface area (Å²) in [5, 5.41) is 11.0. The van der Waals surface area contributed by atoms with E-state index >= 15 is 0 Å². The maximum absolute atomic E-state index is 11.4. The maximum Gasteiger partial charge on any atom is 0.262 e. The standard InChI is InChI=1S/C9H10N2OS/c1-6(5-10)11-9(12)8-4-3-7(2)13-8/h3-4,6H,1-2H3,(H,11,12). The van der Waals surface area contributed by atoms with Gasteiger partial charge in [-0.1, -0.05) is 0 Å². The summed E-state index contributed by atoms with van der Waals surface area (Å²) in [6.45, 7) is 3.59. The predicted octanol–water partition coefficient (Wildman–Crippen LogP) is 1.70. The van der Waals surface area contributed by atoms with Crippen molar-refractivity contribution < 1.29 is 4.79 Å². The highest BCUT2D eigenvalue weighted by atomic mass is 32.1. The molecule has 0 aliphatic heterocycles. The van der Waals surface area contributed by atoms with Crippen LogP contribution in [0.1, 0.15) is 21.5 Å². The Hall–Kier alpha value is -1.34. The first-order valence-corrected chi connectivity index (χ1v) is 4.72. The summed E-state index contributed by atoms with van der Waals surface area (Å²) in [7, 11) is 0. The molecule has 0 spiro atoms. The Morgan fingerprint density at radius 3 is 2.85 bits per heavy atom. The van der Waals surface area contributed by atoms with Crippen molar-refractivity contribution in [1.29, 1.82) is 5.26 Å². The quantitative estimate of drug-likeness (QED) is 0.779. The van der Waals surface area contributed by atoms with E-state index in [-0.39, 0.29) is 5.91 Å². The Kier molecular flexibility index (Phi) is 3.04. The predicted molar refractivity (Wildman–Crippen MR) is 51.6 cm³/mol. The molecule has 0 saturated carbocycles. The van der Waals surface area contributed by atoms with Crippen molar-refractivity contribution >= 4 is 17.2 Å². The molecule has 1 aromatic heterocycles. The number of nitrogens with one attached hydrogen (secondary N) is 1. The second-order valence-corrected chi connectivity index (χ2v) is 4.02. The van der Waals surface area contributed by atoms with Crippen molar-refractivity contribution in [3.8, 4) is 6.07 Å². The minimum Gasteiger partial charge on any atom is -0.336 e. The molecule has 0 bridgehead atoms. The summed E-state index contributed by atoms with van der Waals surface area (Å²) in [5.74, 6) is -0.174. The number of nitrogens with zero attached hydrogens (tertiary/aromatic N) is 1. The SMILES string of the molecule is Cc1ccc(C(=O)NC(C)C#N)s1. The van der Waals surface area contributed by atoms with Crippen LogP contribution in [0.25, 0.3) is 0 Å². The summed E-state index contributed by atoms with van der Waals surface area (Å²) in [6.07, 6.45) is 0. The molecule has 0 fully saturated rings. The number of rotatable bonds is 2. The third kappa shape index (κ3) is 2.56. The highest BCUT2D eigenvalue weighted by Crippen LogP contribution is 2.14. The molecule has 1 unspecified atom stereocenters. The van der Waals surface area contributed by atoms with E-state index in [1.165, 1.54) is 11.3 Å². The van der Waals surface area contributed by atoms with Crippen LogP contribution in [-0.4, -0.2) is 11.9 Å². The average molecular weight is 194 g/mol. The van der Waals surface area contributed by atoms with Crippen molar-refractivity contribution in [2.45, 2.75) is 19.9 Å². The molecule has 0 saturated heterocycles. The zero-order valence-corrected chi connectivity index (χ0v) is 8.31. The van der Waals surface area contributed by atoms with Crippen LogP contribution < -0.4 is 5.32 Å². The van der Waals surface area contributed by atoms with Gasteiger partial charge in [0.1, 0.15) is 6.04 Å². The van der Waals surface area contributed by atoms with Gasteiger partial charge in [0.05, 0.1) is 10.9 Å². The number of carbonyl (C=O) groups excluding carboxylic acids is 1. The molecule has 1 rings (SSSR count). The first-order chi connectivity index (χ1) is 6.13. The van der Waals surface area contributed by atoms with Gasteiger partial charge >= 0.3 is 0 Å². The number of aryl methyl sites for hydroxylation is 1. The Balaban J connectivity index is 2.65. The molecule has 0 radical (unpaired) electrons. The third-order valence-corrected chi connectivity index (χ3v) is 2.50. The lowest BCUT2D eigenvalue weighted by atomic mass is 10.3. The zero-order valence-electron chi connectivity index (χ0n) is 7.50. The van der Waals surface area contributed by atoms with Crippen molar-refractivity contribution in [1.82, 2.24) is 5.32 Å². The van der Waals surface area contributed by atoms with Crippen LogP contribution >= 0.6 is 11.3 Å². The van der Waals surface area contributed by atoms with Gasteiger partial charge in [-0.2, -0.15) is 5.26 Å². The number of thiophene rings is 1. The van der Waals surface area contributed by atoms with Crippen molar-refractivity contribution in [2.75, 3.05) is 0 Å². The van der Waals surface area contributed by atoms with Gasteiger partial charge in [-0.05, 0) is 26.0 Å². The number of carbonyl (C=O) groups is 1. The van der Waals surface area contributed by atoms with Crippen LogP contribution in [0.3, 0.4) is 0 Å². The normalized spacial score (nSPS) is 11.8. The van der Waals surface area contributed by atoms with Crippen LogP contribution in [0.2, 0.25) is 0 Å². The molecule has 0 aromatic carbocycles. The molecule has 1 aromatic rings. The summed E-state index contributed by atoms with van der Waals surface area (Å²) in [5.41, 5.74) is 0. The molecule has 68 valence electrons. The third-order valence-electron chi connectivity index (χ3n) is 1.51. The van der Waals surface area contributed by atoms with Crippen LogP contribution in [0.5, 0.6) is 0 Å².